The second kappa shape index (κ2) is 12.3. The Morgan fingerprint density at radius 2 is 1.73 bits per heavy atom. The molecule has 2 N–H and O–H groups in total. The molecule has 3 aromatic carbocycles. The first-order chi connectivity index (χ1) is 21.3. The van der Waals surface area contributed by atoms with E-state index in [-0.39, 0.29) is 12.5 Å². The Kier molecular flexibility index (Phi) is 8.15. The number of para-hydroxylation sites is 1. The predicted octanol–water partition coefficient (Wildman–Crippen LogP) is 5.70. The fourth-order valence-electron chi connectivity index (χ4n) is 4.35. The summed E-state index contributed by atoms with van der Waals surface area (Å²) in [6.45, 7) is 3.82. The number of thiazole rings is 2. The van der Waals surface area contributed by atoms with Crippen molar-refractivity contribution in [2.45, 2.75) is 18.8 Å². The fourth-order valence-corrected chi connectivity index (χ4v) is 5.93. The van der Waals surface area contributed by atoms with E-state index in [2.05, 4.69) is 27.2 Å². The number of halogens is 1. The van der Waals surface area contributed by atoms with E-state index in [1.807, 2.05) is 24.3 Å². The van der Waals surface area contributed by atoms with Crippen LogP contribution in [0.4, 0.5) is 20.3 Å². The van der Waals surface area contributed by atoms with Crippen molar-refractivity contribution in [3.8, 4) is 0 Å². The molecule has 0 spiro atoms. The molecule has 0 radical (unpaired) electrons. The number of rotatable bonds is 10. The quantitative estimate of drug-likeness (QED) is 0.150. The van der Waals surface area contributed by atoms with Crippen LogP contribution in [0.3, 0.4) is 0 Å². The highest BCUT2D eigenvalue weighted by atomic mass is 32.1. The molecule has 0 bridgehead atoms. The number of nitrogens with one attached hydrogen (secondary N) is 2. The second-order valence-electron chi connectivity index (χ2n) is 9.67. The van der Waals surface area contributed by atoms with Crippen molar-refractivity contribution in [3.05, 3.63) is 107 Å². The van der Waals surface area contributed by atoms with E-state index in [0.29, 0.717) is 38.5 Å². The molecule has 5 aromatic rings. The molecule has 44 heavy (non-hydrogen) atoms. The monoisotopic (exact) mass is 629 g/mol. The molecule has 13 heteroatoms. The first-order valence-corrected chi connectivity index (χ1v) is 15.0. The van der Waals surface area contributed by atoms with Crippen LogP contribution in [0.15, 0.2) is 84.8 Å². The third-order valence-electron chi connectivity index (χ3n) is 6.74. The summed E-state index contributed by atoms with van der Waals surface area (Å²) in [7, 11) is 1.47. The van der Waals surface area contributed by atoms with E-state index in [0.717, 1.165) is 10.2 Å². The van der Waals surface area contributed by atoms with Crippen LogP contribution in [-0.4, -0.2) is 47.0 Å². The minimum absolute atomic E-state index is 0.0829. The van der Waals surface area contributed by atoms with Gasteiger partial charge < -0.3 is 14.4 Å². The van der Waals surface area contributed by atoms with Crippen LogP contribution in [0.1, 0.15) is 21.6 Å². The van der Waals surface area contributed by atoms with E-state index < -0.39 is 29.8 Å². The zero-order chi connectivity index (χ0) is 30.8. The summed E-state index contributed by atoms with van der Waals surface area (Å²) in [5, 5.41) is 7.94. The smallest absolute Gasteiger partial charge is 0.259 e. The number of ether oxygens (including phenoxy) is 2. The zero-order valence-corrected chi connectivity index (χ0v) is 24.8. The lowest BCUT2D eigenvalue weighted by molar-refractivity contribution is -0.120. The van der Waals surface area contributed by atoms with Crippen molar-refractivity contribution < 1.29 is 28.2 Å². The van der Waals surface area contributed by atoms with Gasteiger partial charge in [0.25, 0.3) is 17.7 Å². The van der Waals surface area contributed by atoms with Gasteiger partial charge in [-0.25, -0.2) is 14.4 Å². The second-order valence-corrected chi connectivity index (χ2v) is 11.6. The molecular formula is C31H24FN5O5S2. The predicted molar refractivity (Wildman–Crippen MR) is 167 cm³/mol. The number of hydrogen-bond donors (Lipinski definition) is 2. The van der Waals surface area contributed by atoms with E-state index >= 15 is 0 Å². The van der Waals surface area contributed by atoms with E-state index in [9.17, 15) is 18.8 Å². The molecule has 0 aliphatic carbocycles. The van der Waals surface area contributed by atoms with Gasteiger partial charge in [-0.1, -0.05) is 42.2 Å². The van der Waals surface area contributed by atoms with Crippen molar-refractivity contribution in [2.24, 2.45) is 0 Å². The maximum absolute atomic E-state index is 13.6. The molecule has 1 fully saturated rings. The van der Waals surface area contributed by atoms with Crippen LogP contribution >= 0.6 is 22.7 Å². The Labute approximate surface area is 258 Å². The number of anilines is 3. The Hall–Kier alpha value is -4.98. The highest BCUT2D eigenvalue weighted by molar-refractivity contribution is 7.22. The van der Waals surface area contributed by atoms with Gasteiger partial charge in [-0.2, -0.15) is 0 Å². The van der Waals surface area contributed by atoms with Crippen molar-refractivity contribution in [1.29, 1.82) is 0 Å². The third-order valence-corrected chi connectivity index (χ3v) is 8.44. The molecule has 2 aromatic heterocycles. The number of methoxy groups -OCH3 is 1. The highest BCUT2D eigenvalue weighted by Crippen LogP contribution is 2.31. The van der Waals surface area contributed by atoms with Crippen molar-refractivity contribution in [2.75, 3.05) is 22.6 Å². The molecule has 3 heterocycles. The number of epoxide rings is 1. The molecule has 222 valence electrons. The standard InChI is InChI=1S/C31H24FN5O5S2/c1-17(41-2)23-16-43-30(34-23)36-28(39)25-26(42-25)29(40)37(15-18-7-11-20(32)12-8-18)21-13-9-19(10-14-21)27(38)35-31-33-22-5-3-4-6-24(22)44-31/h3-14,16,25-26H,1,15H2,2H3,(H,33,35,38)(H,34,36,39). The van der Waals surface area contributed by atoms with Crippen LogP contribution in [-0.2, 0) is 25.6 Å². The summed E-state index contributed by atoms with van der Waals surface area (Å²) >= 11 is 2.55. The first-order valence-electron chi connectivity index (χ1n) is 13.3. The third kappa shape index (κ3) is 6.34. The number of aromatic nitrogens is 2. The largest absolute Gasteiger partial charge is 0.495 e. The van der Waals surface area contributed by atoms with Gasteiger partial charge >= 0.3 is 0 Å². The lowest BCUT2D eigenvalue weighted by atomic mass is 10.1. The van der Waals surface area contributed by atoms with Crippen LogP contribution < -0.4 is 15.5 Å². The maximum Gasteiger partial charge on any atom is 0.259 e. The molecule has 0 saturated carbocycles. The summed E-state index contributed by atoms with van der Waals surface area (Å²) in [5.74, 6) is -1.38. The lowest BCUT2D eigenvalue weighted by Gasteiger charge is -2.23. The Morgan fingerprint density at radius 1 is 0.977 bits per heavy atom. The van der Waals surface area contributed by atoms with Crippen LogP contribution in [0.2, 0.25) is 0 Å². The molecule has 1 saturated heterocycles. The van der Waals surface area contributed by atoms with Crippen LogP contribution in [0.25, 0.3) is 16.0 Å². The summed E-state index contributed by atoms with van der Waals surface area (Å²) < 4.78 is 25.1. The summed E-state index contributed by atoms with van der Waals surface area (Å²) in [5.41, 5.74) is 2.77. The summed E-state index contributed by atoms with van der Waals surface area (Å²) in [6.07, 6.45) is -2.05. The Balaban J connectivity index is 1.16. The SMILES string of the molecule is C=C(OC)c1csc(NC(=O)C2OC2C(=O)N(Cc2ccc(F)cc2)c2ccc(C(=O)Nc3nc4ccccc4s3)cc2)n1. The number of nitrogens with zero attached hydrogens (tertiary/aromatic N) is 3. The van der Waals surface area contributed by atoms with Crippen molar-refractivity contribution >= 4 is 72.3 Å². The number of carbonyl (C=O) groups excluding carboxylic acids is 3. The number of amides is 3. The van der Waals surface area contributed by atoms with Gasteiger partial charge in [0.2, 0.25) is 0 Å². The molecule has 1 aliphatic heterocycles. The minimum atomic E-state index is -1.04. The van der Waals surface area contributed by atoms with Crippen molar-refractivity contribution in [1.82, 2.24) is 9.97 Å². The van der Waals surface area contributed by atoms with Crippen LogP contribution in [0, 0.1) is 5.82 Å². The zero-order valence-electron chi connectivity index (χ0n) is 23.2. The maximum atomic E-state index is 13.6. The molecule has 1 aliphatic rings. The Bertz CT molecular complexity index is 1840. The van der Waals surface area contributed by atoms with Gasteiger partial charge in [0.1, 0.15) is 17.3 Å². The molecule has 10 nitrogen and oxygen atoms in total. The first kappa shape index (κ1) is 29.1. The van der Waals surface area contributed by atoms with E-state index in [4.69, 9.17) is 9.47 Å². The van der Waals surface area contributed by atoms with Gasteiger partial charge in [-0.15, -0.1) is 11.3 Å². The number of hydrogen-bond acceptors (Lipinski definition) is 9. The average molecular weight is 630 g/mol. The van der Waals surface area contributed by atoms with Crippen molar-refractivity contribution in [3.63, 3.8) is 0 Å². The fraction of sp³-hybridized carbons (Fsp3) is 0.129. The number of carbonyl (C=O) groups is 3. The molecule has 2 unspecified atom stereocenters. The van der Waals surface area contributed by atoms with Crippen LogP contribution in [0.5, 0.6) is 0 Å². The highest BCUT2D eigenvalue weighted by Gasteiger charge is 2.52. The normalized spacial score (nSPS) is 15.4. The van der Waals surface area contributed by atoms with Gasteiger partial charge in [0.05, 0.1) is 23.9 Å². The summed E-state index contributed by atoms with van der Waals surface area (Å²) in [6, 6.07) is 19.8. The van der Waals surface area contributed by atoms with Gasteiger partial charge in [0.15, 0.2) is 22.5 Å². The molecular weight excluding hydrogens is 606 g/mol. The Morgan fingerprint density at radius 3 is 2.45 bits per heavy atom. The van der Waals surface area contributed by atoms with Gasteiger partial charge in [0, 0.05) is 16.6 Å². The lowest BCUT2D eigenvalue weighted by Crippen LogP contribution is -2.36. The van der Waals surface area contributed by atoms with Gasteiger partial charge in [-0.3, -0.25) is 25.0 Å². The topological polar surface area (TPSA) is 126 Å². The average Bonchev–Trinajstić information content (AvgIpc) is 3.53. The minimum Gasteiger partial charge on any atom is -0.495 e. The molecule has 3 amide bonds. The van der Waals surface area contributed by atoms with E-state index in [1.165, 1.54) is 46.8 Å². The summed E-state index contributed by atoms with van der Waals surface area (Å²) in [4.78, 5) is 49.5. The number of fused-ring (bicyclic) bond motifs is 1. The molecule has 6 rings (SSSR count). The van der Waals surface area contributed by atoms with Gasteiger partial charge in [-0.05, 0) is 54.1 Å². The molecule has 2 atom stereocenters. The van der Waals surface area contributed by atoms with E-state index in [1.54, 1.807) is 41.8 Å². The number of benzene rings is 3.